The minimum absolute atomic E-state index is 0.0373. The third-order valence-electron chi connectivity index (χ3n) is 4.57. The van der Waals surface area contributed by atoms with Crippen molar-refractivity contribution in [3.05, 3.63) is 65.9 Å². The van der Waals surface area contributed by atoms with Crippen LogP contribution in [0.3, 0.4) is 0 Å². The Balaban J connectivity index is 1.47. The summed E-state index contributed by atoms with van der Waals surface area (Å²) in [6.07, 6.45) is 3.33. The van der Waals surface area contributed by atoms with Crippen LogP contribution in [0.1, 0.15) is 30.0 Å². The van der Waals surface area contributed by atoms with Crippen LogP contribution in [0.2, 0.25) is 0 Å². The van der Waals surface area contributed by atoms with E-state index in [9.17, 15) is 4.79 Å². The van der Waals surface area contributed by atoms with Gasteiger partial charge in [-0.15, -0.1) is 10.2 Å². The highest BCUT2D eigenvalue weighted by atomic mass is 16.3. The number of hydrogen-bond acceptors (Lipinski definition) is 5. The second-order valence-electron chi connectivity index (χ2n) is 6.11. The molecule has 1 amide bonds. The Morgan fingerprint density at radius 2 is 2.08 bits per heavy atom. The molecule has 0 unspecified atom stereocenters. The van der Waals surface area contributed by atoms with Crippen LogP contribution in [0, 0.1) is 0 Å². The molecule has 1 aliphatic rings. The summed E-state index contributed by atoms with van der Waals surface area (Å²) in [4.78, 5) is 12.1. The summed E-state index contributed by atoms with van der Waals surface area (Å²) in [6.45, 7) is 0. The lowest BCUT2D eigenvalue weighted by atomic mass is 9.61. The minimum atomic E-state index is -0.295. The second-order valence-corrected chi connectivity index (χ2v) is 6.11. The highest BCUT2D eigenvalue weighted by molar-refractivity contribution is 5.78. The molecule has 1 aromatic carbocycles. The predicted octanol–water partition coefficient (Wildman–Crippen LogP) is 1.60. The number of nitrogens with zero attached hydrogens (tertiary/aromatic N) is 3. The Labute approximate surface area is 138 Å². The Morgan fingerprint density at radius 1 is 1.25 bits per heavy atom. The van der Waals surface area contributed by atoms with Crippen LogP contribution in [-0.4, -0.2) is 32.6 Å². The molecule has 0 radical (unpaired) electrons. The van der Waals surface area contributed by atoms with Crippen LogP contribution in [0.5, 0.6) is 0 Å². The molecule has 1 saturated carbocycles. The van der Waals surface area contributed by atoms with E-state index in [2.05, 4.69) is 38.1 Å². The zero-order chi connectivity index (χ0) is 16.4. The molecule has 0 atom stereocenters. The molecule has 24 heavy (non-hydrogen) atoms. The van der Waals surface area contributed by atoms with Gasteiger partial charge >= 0.3 is 0 Å². The van der Waals surface area contributed by atoms with E-state index in [1.807, 2.05) is 18.2 Å². The number of furan rings is 1. The Kier molecular flexibility index (Phi) is 3.60. The molecule has 2 heterocycles. The number of aromatic amines is 1. The maximum Gasteiger partial charge on any atom is 0.227 e. The monoisotopic (exact) mass is 323 g/mol. The molecule has 1 aliphatic carbocycles. The molecule has 122 valence electrons. The Hall–Kier alpha value is -2.96. The van der Waals surface area contributed by atoms with Gasteiger partial charge in [0.1, 0.15) is 5.76 Å². The van der Waals surface area contributed by atoms with Crippen molar-refractivity contribution in [2.75, 3.05) is 0 Å². The average molecular weight is 323 g/mol. The van der Waals surface area contributed by atoms with E-state index >= 15 is 0 Å². The van der Waals surface area contributed by atoms with E-state index in [-0.39, 0.29) is 23.8 Å². The Bertz CT molecular complexity index is 793. The van der Waals surface area contributed by atoms with Gasteiger partial charge in [0.25, 0.3) is 0 Å². The molecule has 4 rings (SSSR count). The number of nitrogens with one attached hydrogen (secondary N) is 2. The van der Waals surface area contributed by atoms with Crippen LogP contribution in [0.15, 0.2) is 53.1 Å². The molecule has 0 saturated heterocycles. The summed E-state index contributed by atoms with van der Waals surface area (Å²) in [7, 11) is 0. The Morgan fingerprint density at radius 3 is 2.75 bits per heavy atom. The van der Waals surface area contributed by atoms with Crippen LogP contribution in [-0.2, 0) is 16.6 Å². The van der Waals surface area contributed by atoms with Gasteiger partial charge in [-0.2, -0.15) is 5.21 Å². The van der Waals surface area contributed by atoms with Gasteiger partial charge in [0.05, 0.1) is 18.1 Å². The van der Waals surface area contributed by atoms with Gasteiger partial charge in [-0.25, -0.2) is 0 Å². The summed E-state index contributed by atoms with van der Waals surface area (Å²) in [5.74, 6) is 1.30. The fourth-order valence-electron chi connectivity index (χ4n) is 3.40. The third kappa shape index (κ3) is 2.58. The first kappa shape index (κ1) is 14.6. The summed E-state index contributed by atoms with van der Waals surface area (Å²) in [5, 5.41) is 17.7. The first-order chi connectivity index (χ1) is 11.8. The molecule has 0 aliphatic heterocycles. The van der Waals surface area contributed by atoms with Crippen LogP contribution >= 0.6 is 0 Å². The van der Waals surface area contributed by atoms with Gasteiger partial charge < -0.3 is 9.73 Å². The number of hydrogen-bond donors (Lipinski definition) is 2. The molecule has 2 N–H and O–H groups in total. The van der Waals surface area contributed by atoms with E-state index in [0.717, 1.165) is 18.4 Å². The molecule has 2 aromatic heterocycles. The minimum Gasteiger partial charge on any atom is -0.469 e. The molecule has 1 fully saturated rings. The summed E-state index contributed by atoms with van der Waals surface area (Å²) >= 11 is 0. The van der Waals surface area contributed by atoms with Gasteiger partial charge in [-0.05, 0) is 30.5 Å². The van der Waals surface area contributed by atoms with Crippen molar-refractivity contribution in [2.24, 2.45) is 0 Å². The van der Waals surface area contributed by atoms with Crippen molar-refractivity contribution in [1.29, 1.82) is 0 Å². The molecule has 3 aromatic rings. The van der Waals surface area contributed by atoms with E-state index in [1.165, 1.54) is 0 Å². The highest BCUT2D eigenvalue weighted by Crippen LogP contribution is 2.47. The fourth-order valence-corrected chi connectivity index (χ4v) is 3.40. The zero-order valence-electron chi connectivity index (χ0n) is 13.0. The SMILES string of the molecule is O=C(Cc1ccco1)NC1CC(c2ccccc2)(c2nn[nH]n2)C1. The third-order valence-corrected chi connectivity index (χ3v) is 4.57. The van der Waals surface area contributed by atoms with Crippen LogP contribution in [0.4, 0.5) is 0 Å². The van der Waals surface area contributed by atoms with E-state index < -0.39 is 0 Å². The number of rotatable bonds is 5. The number of tetrazole rings is 1. The van der Waals surface area contributed by atoms with E-state index in [1.54, 1.807) is 18.4 Å². The number of amides is 1. The van der Waals surface area contributed by atoms with Gasteiger partial charge in [-0.1, -0.05) is 35.5 Å². The molecule has 7 heteroatoms. The fraction of sp³-hybridized carbons (Fsp3) is 0.294. The normalized spacial score (nSPS) is 22.8. The molecule has 0 spiro atoms. The number of H-pyrrole nitrogens is 1. The lowest BCUT2D eigenvalue weighted by Crippen LogP contribution is -2.54. The number of carbonyl (C=O) groups is 1. The maximum absolute atomic E-state index is 12.1. The highest BCUT2D eigenvalue weighted by Gasteiger charge is 2.50. The zero-order valence-corrected chi connectivity index (χ0v) is 13.0. The summed E-state index contributed by atoms with van der Waals surface area (Å²) in [6, 6.07) is 13.8. The van der Waals surface area contributed by atoms with Crippen LogP contribution in [0.25, 0.3) is 0 Å². The molecule has 0 bridgehead atoms. The quantitative estimate of drug-likeness (QED) is 0.743. The van der Waals surface area contributed by atoms with E-state index in [0.29, 0.717) is 11.6 Å². The lowest BCUT2D eigenvalue weighted by molar-refractivity contribution is -0.122. The smallest absolute Gasteiger partial charge is 0.227 e. The van der Waals surface area contributed by atoms with Gasteiger partial charge in [-0.3, -0.25) is 4.79 Å². The lowest BCUT2D eigenvalue weighted by Gasteiger charge is -2.46. The standard InChI is InChI=1S/C17H17N5O2/c23-15(9-14-7-4-8-24-14)18-13-10-17(11-13,16-19-21-22-20-16)12-5-2-1-3-6-12/h1-8,13H,9-11H2,(H,18,23)(H,19,20,21,22). The maximum atomic E-state index is 12.1. The van der Waals surface area contributed by atoms with E-state index in [4.69, 9.17) is 4.42 Å². The van der Waals surface area contributed by atoms with Crippen LogP contribution < -0.4 is 5.32 Å². The van der Waals surface area contributed by atoms with Crippen molar-refractivity contribution in [3.8, 4) is 0 Å². The topological polar surface area (TPSA) is 96.7 Å². The van der Waals surface area contributed by atoms with Gasteiger partial charge in [0.15, 0.2) is 5.82 Å². The average Bonchev–Trinajstić information content (AvgIpc) is 3.25. The first-order valence-electron chi connectivity index (χ1n) is 7.87. The summed E-state index contributed by atoms with van der Waals surface area (Å²) < 4.78 is 5.21. The van der Waals surface area contributed by atoms with Crippen molar-refractivity contribution in [1.82, 2.24) is 25.9 Å². The van der Waals surface area contributed by atoms with Crippen molar-refractivity contribution < 1.29 is 9.21 Å². The number of carbonyl (C=O) groups excluding carboxylic acids is 1. The van der Waals surface area contributed by atoms with Gasteiger partial charge in [0.2, 0.25) is 5.91 Å². The summed E-state index contributed by atoms with van der Waals surface area (Å²) in [5.41, 5.74) is 0.847. The first-order valence-corrected chi connectivity index (χ1v) is 7.87. The van der Waals surface area contributed by atoms with Crippen molar-refractivity contribution in [2.45, 2.75) is 30.7 Å². The van der Waals surface area contributed by atoms with Crippen molar-refractivity contribution in [3.63, 3.8) is 0 Å². The van der Waals surface area contributed by atoms with Gasteiger partial charge in [0, 0.05) is 6.04 Å². The molecular formula is C17H17N5O2. The molecular weight excluding hydrogens is 306 g/mol. The second kappa shape index (κ2) is 5.92. The van der Waals surface area contributed by atoms with Crippen molar-refractivity contribution >= 4 is 5.91 Å². The molecule has 7 nitrogen and oxygen atoms in total. The number of aromatic nitrogens is 4. The number of benzene rings is 1. The predicted molar refractivity (Wildman–Crippen MR) is 85.0 cm³/mol. The largest absolute Gasteiger partial charge is 0.469 e.